The largest absolute Gasteiger partial charge is 0.0654 e. The van der Waals surface area contributed by atoms with Gasteiger partial charge >= 0.3 is 0 Å². The van der Waals surface area contributed by atoms with Gasteiger partial charge in [-0.3, -0.25) is 0 Å². The van der Waals surface area contributed by atoms with Crippen molar-refractivity contribution >= 4 is 0 Å². The van der Waals surface area contributed by atoms with E-state index in [1.807, 2.05) is 0 Å². The first-order chi connectivity index (χ1) is 13.3. The van der Waals surface area contributed by atoms with Crippen molar-refractivity contribution < 1.29 is 0 Å². The van der Waals surface area contributed by atoms with E-state index in [9.17, 15) is 0 Å². The summed E-state index contributed by atoms with van der Waals surface area (Å²) < 4.78 is 0. The molecule has 0 radical (unpaired) electrons. The van der Waals surface area contributed by atoms with Gasteiger partial charge < -0.3 is 0 Å². The fraction of sp³-hybridized carbons (Fsp3) is 0.778. The van der Waals surface area contributed by atoms with E-state index in [1.54, 1.807) is 11.1 Å². The highest BCUT2D eigenvalue weighted by Crippen LogP contribution is 2.34. The third-order valence-electron chi connectivity index (χ3n) is 7.91. The van der Waals surface area contributed by atoms with Crippen LogP contribution in [0.3, 0.4) is 0 Å². The summed E-state index contributed by atoms with van der Waals surface area (Å²) in [4.78, 5) is 0. The third kappa shape index (κ3) is 6.95. The summed E-state index contributed by atoms with van der Waals surface area (Å²) in [7, 11) is 0. The molecule has 3 rings (SSSR count). The second kappa shape index (κ2) is 11.3. The van der Waals surface area contributed by atoms with Crippen LogP contribution in [0.25, 0.3) is 0 Å². The Bertz CT molecular complexity index is 497. The Kier molecular flexibility index (Phi) is 8.75. The highest BCUT2D eigenvalue weighted by atomic mass is 14.3. The zero-order valence-corrected chi connectivity index (χ0v) is 18.2. The van der Waals surface area contributed by atoms with Crippen LogP contribution in [0.5, 0.6) is 0 Å². The quantitative estimate of drug-likeness (QED) is 0.410. The first-order valence-electron chi connectivity index (χ1n) is 12.3. The van der Waals surface area contributed by atoms with E-state index in [-0.39, 0.29) is 0 Å². The Hall–Kier alpha value is -0.780. The van der Waals surface area contributed by atoms with Crippen LogP contribution in [0.2, 0.25) is 0 Å². The van der Waals surface area contributed by atoms with Gasteiger partial charge in [0.2, 0.25) is 0 Å². The molecule has 0 N–H and O–H groups in total. The molecule has 2 fully saturated rings. The fourth-order valence-electron chi connectivity index (χ4n) is 5.76. The Morgan fingerprint density at radius 3 is 1.30 bits per heavy atom. The topological polar surface area (TPSA) is 0 Å². The molecule has 2 aliphatic rings. The number of rotatable bonds is 9. The highest BCUT2D eigenvalue weighted by Gasteiger charge is 2.21. The van der Waals surface area contributed by atoms with E-state index in [1.165, 1.54) is 96.3 Å². The van der Waals surface area contributed by atoms with Crippen LogP contribution in [0.4, 0.5) is 0 Å². The molecule has 0 atom stereocenters. The lowest BCUT2D eigenvalue weighted by Gasteiger charge is -2.28. The molecule has 0 heterocycles. The SMILES string of the molecule is CCCC1CCC(CCc2ccc(CCC3CCC(CC)CC3)cc2)CC1. The minimum absolute atomic E-state index is 0.996. The van der Waals surface area contributed by atoms with Crippen molar-refractivity contribution in [3.63, 3.8) is 0 Å². The number of aryl methyl sites for hydroxylation is 2. The molecular weight excluding hydrogens is 324 g/mol. The summed E-state index contributed by atoms with van der Waals surface area (Å²) in [6.45, 7) is 4.70. The van der Waals surface area contributed by atoms with Gasteiger partial charge in [-0.05, 0) is 60.5 Å². The van der Waals surface area contributed by atoms with Gasteiger partial charge in [0, 0.05) is 0 Å². The van der Waals surface area contributed by atoms with Crippen molar-refractivity contribution in [3.8, 4) is 0 Å². The van der Waals surface area contributed by atoms with E-state index < -0.39 is 0 Å². The predicted octanol–water partition coefficient (Wildman–Crippen LogP) is 8.37. The molecule has 0 aliphatic heterocycles. The van der Waals surface area contributed by atoms with Crippen LogP contribution in [0.15, 0.2) is 24.3 Å². The molecule has 0 saturated heterocycles. The van der Waals surface area contributed by atoms with E-state index >= 15 is 0 Å². The lowest BCUT2D eigenvalue weighted by atomic mass is 9.78. The standard InChI is InChI=1S/C27H44/c1-3-5-23-10-12-25(13-11-23)16-17-27-20-18-26(19-21-27)15-14-24-8-6-22(4-2)7-9-24/h18-25H,3-17H2,1-2H3. The molecule has 27 heavy (non-hydrogen) atoms. The molecule has 1 aromatic carbocycles. The van der Waals surface area contributed by atoms with Crippen molar-refractivity contribution in [3.05, 3.63) is 35.4 Å². The van der Waals surface area contributed by atoms with E-state index in [4.69, 9.17) is 0 Å². The normalized spacial score (nSPS) is 29.0. The van der Waals surface area contributed by atoms with Crippen LogP contribution < -0.4 is 0 Å². The van der Waals surface area contributed by atoms with Gasteiger partial charge in [-0.15, -0.1) is 0 Å². The van der Waals surface area contributed by atoms with E-state index in [2.05, 4.69) is 38.1 Å². The number of benzene rings is 1. The summed E-state index contributed by atoms with van der Waals surface area (Å²) in [5.74, 6) is 4.07. The van der Waals surface area contributed by atoms with Gasteiger partial charge in [-0.25, -0.2) is 0 Å². The molecule has 0 amide bonds. The zero-order valence-electron chi connectivity index (χ0n) is 18.2. The lowest BCUT2D eigenvalue weighted by molar-refractivity contribution is 0.252. The molecule has 0 heteroatoms. The zero-order chi connectivity index (χ0) is 18.9. The molecule has 0 bridgehead atoms. The molecular formula is C27H44. The maximum atomic E-state index is 2.42. The summed E-state index contributed by atoms with van der Waals surface area (Å²) in [6.07, 6.45) is 21.6. The molecule has 2 aliphatic carbocycles. The average molecular weight is 369 g/mol. The van der Waals surface area contributed by atoms with Gasteiger partial charge in [0.15, 0.2) is 0 Å². The van der Waals surface area contributed by atoms with Crippen molar-refractivity contribution in [2.75, 3.05) is 0 Å². The first-order valence-corrected chi connectivity index (χ1v) is 12.3. The van der Waals surface area contributed by atoms with Gasteiger partial charge in [-0.2, -0.15) is 0 Å². The fourth-order valence-corrected chi connectivity index (χ4v) is 5.76. The van der Waals surface area contributed by atoms with Crippen molar-refractivity contribution in [1.82, 2.24) is 0 Å². The van der Waals surface area contributed by atoms with Crippen molar-refractivity contribution in [1.29, 1.82) is 0 Å². The van der Waals surface area contributed by atoms with Crippen LogP contribution in [-0.2, 0) is 12.8 Å². The smallest absolute Gasteiger partial charge is 0.0276 e. The molecule has 0 unspecified atom stereocenters. The second-order valence-corrected chi connectivity index (χ2v) is 9.86. The minimum Gasteiger partial charge on any atom is -0.0654 e. The summed E-state index contributed by atoms with van der Waals surface area (Å²) in [6, 6.07) is 9.69. The molecule has 1 aromatic rings. The van der Waals surface area contributed by atoms with Crippen LogP contribution in [0.1, 0.15) is 108 Å². The minimum atomic E-state index is 0.996. The highest BCUT2D eigenvalue weighted by molar-refractivity contribution is 5.22. The molecule has 2 saturated carbocycles. The third-order valence-corrected chi connectivity index (χ3v) is 7.91. The van der Waals surface area contributed by atoms with Crippen LogP contribution in [-0.4, -0.2) is 0 Å². The van der Waals surface area contributed by atoms with E-state index in [0.29, 0.717) is 0 Å². The molecule has 0 nitrogen and oxygen atoms in total. The average Bonchev–Trinajstić information content (AvgIpc) is 2.73. The van der Waals surface area contributed by atoms with E-state index in [0.717, 1.165) is 23.7 Å². The van der Waals surface area contributed by atoms with Crippen LogP contribution in [0, 0.1) is 23.7 Å². The Labute approximate surface area is 169 Å². The maximum Gasteiger partial charge on any atom is -0.0276 e. The Morgan fingerprint density at radius 1 is 0.556 bits per heavy atom. The summed E-state index contributed by atoms with van der Waals surface area (Å²) in [5.41, 5.74) is 3.13. The molecule has 152 valence electrons. The molecule has 0 aromatic heterocycles. The van der Waals surface area contributed by atoms with Crippen molar-refractivity contribution in [2.45, 2.75) is 110 Å². The number of hydrogen-bond donors (Lipinski definition) is 0. The summed E-state index contributed by atoms with van der Waals surface area (Å²) >= 11 is 0. The number of hydrogen-bond acceptors (Lipinski definition) is 0. The van der Waals surface area contributed by atoms with Crippen molar-refractivity contribution in [2.24, 2.45) is 23.7 Å². The second-order valence-electron chi connectivity index (χ2n) is 9.86. The first kappa shape index (κ1) is 20.9. The van der Waals surface area contributed by atoms with Gasteiger partial charge in [-0.1, -0.05) is 109 Å². The monoisotopic (exact) mass is 368 g/mol. The van der Waals surface area contributed by atoms with Gasteiger partial charge in [0.25, 0.3) is 0 Å². The maximum absolute atomic E-state index is 2.42. The molecule has 0 spiro atoms. The lowest BCUT2D eigenvalue weighted by Crippen LogP contribution is -2.15. The predicted molar refractivity (Wildman–Crippen MR) is 119 cm³/mol. The van der Waals surface area contributed by atoms with Gasteiger partial charge in [0.1, 0.15) is 0 Å². The summed E-state index contributed by atoms with van der Waals surface area (Å²) in [5, 5.41) is 0. The van der Waals surface area contributed by atoms with Gasteiger partial charge in [0.05, 0.1) is 0 Å². The van der Waals surface area contributed by atoms with Crippen LogP contribution >= 0.6 is 0 Å². The Balaban J connectivity index is 1.33. The Morgan fingerprint density at radius 2 is 0.926 bits per heavy atom.